The molecule has 2 aromatic rings. The first kappa shape index (κ1) is 30.2. The van der Waals surface area contributed by atoms with Gasteiger partial charge in [-0.05, 0) is 67.5 Å². The Kier molecular flexibility index (Phi) is 10.1. The van der Waals surface area contributed by atoms with Gasteiger partial charge in [0.2, 0.25) is 23.0 Å². The number of fused-ring (bicyclic) bond motifs is 3. The van der Waals surface area contributed by atoms with E-state index < -0.39 is 12.1 Å². The Morgan fingerprint density at radius 2 is 1.56 bits per heavy atom. The van der Waals surface area contributed by atoms with Crippen LogP contribution in [-0.4, -0.2) is 45.2 Å². The molecule has 1 fully saturated rings. The van der Waals surface area contributed by atoms with Gasteiger partial charge in [0, 0.05) is 18.5 Å². The zero-order valence-electron chi connectivity index (χ0n) is 24.9. The molecule has 2 aliphatic rings. The maximum Gasteiger partial charge on any atom is 0.242 e. The van der Waals surface area contributed by atoms with Crippen LogP contribution in [0.2, 0.25) is 0 Å². The first-order valence-electron chi connectivity index (χ1n) is 14.6. The quantitative estimate of drug-likeness (QED) is 0.417. The van der Waals surface area contributed by atoms with Gasteiger partial charge in [-0.3, -0.25) is 14.4 Å². The van der Waals surface area contributed by atoms with Crippen molar-refractivity contribution in [2.24, 2.45) is 0 Å². The first-order chi connectivity index (χ1) is 19.8. The molecule has 0 aliphatic heterocycles. The minimum atomic E-state index is -0.604. The predicted octanol–water partition coefficient (Wildman–Crippen LogP) is 4.89. The van der Waals surface area contributed by atoms with Crippen LogP contribution in [0.5, 0.6) is 17.2 Å². The molecule has 3 N–H and O–H groups in total. The van der Waals surface area contributed by atoms with Crippen LogP contribution in [0.25, 0.3) is 11.1 Å². The van der Waals surface area contributed by atoms with Gasteiger partial charge in [0.1, 0.15) is 6.04 Å². The monoisotopic (exact) mass is 565 g/mol. The van der Waals surface area contributed by atoms with Crippen LogP contribution in [0.15, 0.2) is 29.1 Å². The Labute approximate surface area is 242 Å². The van der Waals surface area contributed by atoms with E-state index >= 15 is 0 Å². The Bertz CT molecular complexity index is 1320. The molecule has 222 valence electrons. The molecular formula is C32H43N3O6. The zero-order valence-corrected chi connectivity index (χ0v) is 24.9. The summed E-state index contributed by atoms with van der Waals surface area (Å²) in [5, 5.41) is 9.35. The molecule has 2 aliphatic carbocycles. The van der Waals surface area contributed by atoms with Gasteiger partial charge >= 0.3 is 0 Å². The second-order valence-electron chi connectivity index (χ2n) is 11.0. The topological polar surface area (TPSA) is 115 Å². The number of aryl methyl sites for hydroxylation is 1. The molecule has 4 rings (SSSR count). The molecule has 0 spiro atoms. The lowest BCUT2D eigenvalue weighted by atomic mass is 9.95. The van der Waals surface area contributed by atoms with Gasteiger partial charge in [-0.15, -0.1) is 0 Å². The van der Waals surface area contributed by atoms with Crippen molar-refractivity contribution in [3.63, 3.8) is 0 Å². The highest BCUT2D eigenvalue weighted by atomic mass is 16.5. The van der Waals surface area contributed by atoms with Gasteiger partial charge in [0.05, 0.1) is 33.1 Å². The van der Waals surface area contributed by atoms with Crippen molar-refractivity contribution in [1.29, 1.82) is 0 Å². The van der Waals surface area contributed by atoms with Crippen LogP contribution in [-0.2, 0) is 16.0 Å². The number of carbonyl (C=O) groups is 2. The summed E-state index contributed by atoms with van der Waals surface area (Å²) in [6, 6.07) is 6.20. The predicted molar refractivity (Wildman–Crippen MR) is 160 cm³/mol. The third-order valence-electron chi connectivity index (χ3n) is 8.13. The normalized spacial score (nSPS) is 17.8. The number of nitrogens with one attached hydrogen (secondary N) is 3. The molecule has 41 heavy (non-hydrogen) atoms. The highest BCUT2D eigenvalue weighted by Gasteiger charge is 2.29. The van der Waals surface area contributed by atoms with Crippen molar-refractivity contribution in [1.82, 2.24) is 10.6 Å². The molecule has 2 aromatic carbocycles. The van der Waals surface area contributed by atoms with E-state index in [0.717, 1.165) is 42.4 Å². The van der Waals surface area contributed by atoms with Crippen molar-refractivity contribution in [2.45, 2.75) is 89.8 Å². The van der Waals surface area contributed by atoms with Crippen LogP contribution in [0.1, 0.15) is 82.4 Å². The highest BCUT2D eigenvalue weighted by Crippen LogP contribution is 2.50. The lowest BCUT2D eigenvalue weighted by Gasteiger charge is -2.23. The Balaban J connectivity index is 1.74. The number of hydrogen-bond donors (Lipinski definition) is 3. The summed E-state index contributed by atoms with van der Waals surface area (Å²) < 4.78 is 17.1. The van der Waals surface area contributed by atoms with Crippen molar-refractivity contribution < 1.29 is 23.8 Å². The summed E-state index contributed by atoms with van der Waals surface area (Å²) in [5.74, 6) is 1.17. The molecule has 0 radical (unpaired) electrons. The molecule has 0 aromatic heterocycles. The van der Waals surface area contributed by atoms with Crippen molar-refractivity contribution >= 4 is 17.5 Å². The van der Waals surface area contributed by atoms with Crippen LogP contribution in [0, 0.1) is 0 Å². The van der Waals surface area contributed by atoms with E-state index in [9.17, 15) is 14.4 Å². The summed E-state index contributed by atoms with van der Waals surface area (Å²) >= 11 is 0. The first-order valence-corrected chi connectivity index (χ1v) is 14.6. The number of hydrogen-bond acceptors (Lipinski definition) is 7. The van der Waals surface area contributed by atoms with E-state index in [4.69, 9.17) is 14.2 Å². The number of amides is 2. The Morgan fingerprint density at radius 3 is 2.20 bits per heavy atom. The largest absolute Gasteiger partial charge is 0.493 e. The van der Waals surface area contributed by atoms with E-state index in [1.807, 2.05) is 12.1 Å². The molecule has 0 bridgehead atoms. The van der Waals surface area contributed by atoms with Crippen molar-refractivity contribution in [2.75, 3.05) is 26.6 Å². The van der Waals surface area contributed by atoms with Gasteiger partial charge in [-0.25, -0.2) is 0 Å². The highest BCUT2D eigenvalue weighted by molar-refractivity contribution is 5.86. The average Bonchev–Trinajstić information content (AvgIpc) is 3.17. The number of rotatable bonds is 8. The fourth-order valence-electron chi connectivity index (χ4n) is 6.05. The lowest BCUT2D eigenvalue weighted by molar-refractivity contribution is -0.122. The maximum atomic E-state index is 13.6. The summed E-state index contributed by atoms with van der Waals surface area (Å²) in [7, 11) is 4.69. The van der Waals surface area contributed by atoms with E-state index in [-0.39, 0.29) is 23.3 Å². The third-order valence-corrected chi connectivity index (χ3v) is 8.13. The van der Waals surface area contributed by atoms with E-state index in [0.29, 0.717) is 41.3 Å². The molecule has 0 unspecified atom stereocenters. The van der Waals surface area contributed by atoms with Gasteiger partial charge in [0.25, 0.3) is 0 Å². The minimum absolute atomic E-state index is 0.122. The van der Waals surface area contributed by atoms with Gasteiger partial charge in [0.15, 0.2) is 11.5 Å². The fraction of sp³-hybridized carbons (Fsp3) is 0.531. The molecule has 9 heteroatoms. The standard InChI is InChI=1S/C32H43N3O6/c1-19(32(38)35-22-11-9-7-6-8-10-12-22)33-26-16-14-23-24(18-27(26)37)25(34-20(2)36)15-13-21-17-28(39-3)30(40-4)31(41-5)29(21)23/h14,16-19,22,25H,6-13,15H2,1-5H3,(H,33,37)(H,34,36)(H,35,38)/t19-,25-/m0/s1. The van der Waals surface area contributed by atoms with Crippen LogP contribution < -0.4 is 35.6 Å². The van der Waals surface area contributed by atoms with Crippen molar-refractivity contribution in [3.8, 4) is 28.4 Å². The molecule has 2 amide bonds. The third kappa shape index (κ3) is 6.94. The Hall–Kier alpha value is -3.75. The summed E-state index contributed by atoms with van der Waals surface area (Å²) in [6.45, 7) is 3.24. The number of anilines is 1. The summed E-state index contributed by atoms with van der Waals surface area (Å²) in [4.78, 5) is 38.8. The minimum Gasteiger partial charge on any atom is -0.493 e. The molecule has 0 heterocycles. The molecule has 2 atom stereocenters. The van der Waals surface area contributed by atoms with Gasteiger partial charge in [-0.2, -0.15) is 0 Å². The second-order valence-corrected chi connectivity index (χ2v) is 11.0. The fourth-order valence-corrected chi connectivity index (χ4v) is 6.05. The van der Waals surface area contributed by atoms with Crippen LogP contribution >= 0.6 is 0 Å². The maximum absolute atomic E-state index is 13.6. The molecule has 1 saturated carbocycles. The van der Waals surface area contributed by atoms with E-state index in [1.165, 1.54) is 26.2 Å². The SMILES string of the molecule is COc1cc2c(c(OC)c1OC)-c1ccc(N[C@@H](C)C(=O)NC3CCCCCCC3)c(=O)cc1[C@@H](NC(C)=O)CC2. The van der Waals surface area contributed by atoms with Gasteiger partial charge in [-0.1, -0.05) is 38.2 Å². The molecule has 0 saturated heterocycles. The summed E-state index contributed by atoms with van der Waals surface area (Å²) in [6.07, 6.45) is 9.07. The van der Waals surface area contributed by atoms with Crippen LogP contribution in [0.4, 0.5) is 5.69 Å². The second kappa shape index (κ2) is 13.7. The number of carbonyl (C=O) groups excluding carboxylic acids is 2. The number of ether oxygens (including phenoxy) is 3. The van der Waals surface area contributed by atoms with Gasteiger partial charge < -0.3 is 30.2 Å². The number of benzene rings is 1. The lowest BCUT2D eigenvalue weighted by Crippen LogP contribution is -2.44. The smallest absolute Gasteiger partial charge is 0.242 e. The van der Waals surface area contributed by atoms with E-state index in [1.54, 1.807) is 40.4 Å². The zero-order chi connectivity index (χ0) is 29.5. The Morgan fingerprint density at radius 1 is 0.878 bits per heavy atom. The van der Waals surface area contributed by atoms with Crippen molar-refractivity contribution in [3.05, 3.63) is 45.6 Å². The molecule has 9 nitrogen and oxygen atoms in total. The summed E-state index contributed by atoms with van der Waals surface area (Å²) in [5.41, 5.74) is 3.19. The van der Waals surface area contributed by atoms with E-state index in [2.05, 4.69) is 16.0 Å². The molecular weight excluding hydrogens is 522 g/mol. The number of methoxy groups -OCH3 is 3. The van der Waals surface area contributed by atoms with Crippen LogP contribution in [0.3, 0.4) is 0 Å². The average molecular weight is 566 g/mol.